The van der Waals surface area contributed by atoms with Gasteiger partial charge in [0.15, 0.2) is 23.1 Å². The first-order chi connectivity index (χ1) is 22.2. The van der Waals surface area contributed by atoms with Gasteiger partial charge in [-0.2, -0.15) is 0 Å². The van der Waals surface area contributed by atoms with Crippen molar-refractivity contribution < 1.29 is 32.6 Å². The summed E-state index contributed by atoms with van der Waals surface area (Å²) in [5.74, 6) is -1.08. The number of aromatic nitrogens is 1. The molecule has 1 aliphatic rings. The molecule has 1 heterocycles. The molecule has 0 aliphatic heterocycles. The molecule has 0 spiro atoms. The molecule has 0 bridgehead atoms. The summed E-state index contributed by atoms with van der Waals surface area (Å²) < 4.78 is 46.1. The van der Waals surface area contributed by atoms with E-state index in [-0.39, 0.29) is 17.4 Å². The van der Waals surface area contributed by atoms with E-state index in [1.54, 1.807) is 38.4 Å². The van der Waals surface area contributed by atoms with Crippen LogP contribution in [0, 0.1) is 23.0 Å². The Bertz CT molecular complexity index is 1710. The van der Waals surface area contributed by atoms with E-state index in [4.69, 9.17) is 14.2 Å². The minimum atomic E-state index is -1.32. The number of amides is 2. The second kappa shape index (κ2) is 14.1. The van der Waals surface area contributed by atoms with Crippen LogP contribution in [-0.4, -0.2) is 55.0 Å². The number of ether oxygens (including phenoxy) is 3. The number of carbonyl (C=O) groups is 2. The lowest BCUT2D eigenvalue weighted by Gasteiger charge is -2.18. The first-order valence-corrected chi connectivity index (χ1v) is 15.4. The number of methoxy groups -OCH3 is 1. The minimum absolute atomic E-state index is 0.0650. The van der Waals surface area contributed by atoms with Gasteiger partial charge in [0, 0.05) is 41.6 Å². The molecular formula is C35H38F2N4O5. The third-order valence-corrected chi connectivity index (χ3v) is 8.39. The smallest absolute Gasteiger partial charge is 0.240 e. The Labute approximate surface area is 266 Å². The quantitative estimate of drug-likeness (QED) is 0.114. The number of rotatable bonds is 14. The minimum Gasteiger partial charge on any atom is -0.493 e. The van der Waals surface area contributed by atoms with Crippen molar-refractivity contribution in [3.63, 3.8) is 0 Å². The lowest BCUT2D eigenvalue weighted by atomic mass is 10.0. The van der Waals surface area contributed by atoms with E-state index in [1.807, 2.05) is 0 Å². The number of fused-ring (bicyclic) bond motifs is 1. The number of hydrogen-bond donors (Lipinski definition) is 2. The average Bonchev–Trinajstić information content (AvgIpc) is 3.75. The number of nitrogens with zero attached hydrogens (tertiary/aromatic N) is 2. The van der Waals surface area contributed by atoms with Gasteiger partial charge in [0.1, 0.15) is 17.0 Å². The fourth-order valence-corrected chi connectivity index (χ4v) is 5.46. The molecular weight excluding hydrogens is 594 g/mol. The van der Waals surface area contributed by atoms with Crippen molar-refractivity contribution >= 4 is 34.1 Å². The van der Waals surface area contributed by atoms with Crippen molar-refractivity contribution in [2.45, 2.75) is 33.6 Å². The normalized spacial score (nSPS) is 17.1. The predicted octanol–water partition coefficient (Wildman–Crippen LogP) is 7.03. The standard InChI is InChI=1S/C35H38F2N4O5/c1-5-41(6-2)16-7-17-45-32-20-28-26(19-31(32)44-4)29(14-15-38-28)46-30-13-12-25(18-27(30)37)40-34(43)35(21-22(35)3)33(42)39-24-10-8-23(36)9-11-24/h8-15,18-20,22H,5-7,16-17,21H2,1-4H3,(H,39,42)(H,40,43)/t22-,35?/m1/s1. The van der Waals surface area contributed by atoms with Crippen LogP contribution in [0.1, 0.15) is 33.6 Å². The van der Waals surface area contributed by atoms with Crippen molar-refractivity contribution in [3.8, 4) is 23.0 Å². The highest BCUT2D eigenvalue weighted by atomic mass is 19.1. The molecule has 4 aromatic rings. The summed E-state index contributed by atoms with van der Waals surface area (Å²) in [7, 11) is 1.55. The lowest BCUT2D eigenvalue weighted by Crippen LogP contribution is -2.37. The molecule has 1 aromatic heterocycles. The van der Waals surface area contributed by atoms with E-state index in [9.17, 15) is 14.0 Å². The topological polar surface area (TPSA) is 102 Å². The van der Waals surface area contributed by atoms with Crippen LogP contribution in [0.25, 0.3) is 10.9 Å². The first-order valence-electron chi connectivity index (χ1n) is 15.4. The van der Waals surface area contributed by atoms with Crippen LogP contribution >= 0.6 is 0 Å². The molecule has 5 rings (SSSR count). The summed E-state index contributed by atoms with van der Waals surface area (Å²) in [6, 6.07) is 14.5. The maximum atomic E-state index is 15.3. The van der Waals surface area contributed by atoms with Crippen molar-refractivity contribution in [1.29, 1.82) is 0 Å². The highest BCUT2D eigenvalue weighted by Crippen LogP contribution is 2.53. The predicted molar refractivity (Wildman–Crippen MR) is 173 cm³/mol. The van der Waals surface area contributed by atoms with Crippen LogP contribution < -0.4 is 24.8 Å². The van der Waals surface area contributed by atoms with E-state index in [1.165, 1.54) is 36.4 Å². The Morgan fingerprint density at radius 3 is 2.22 bits per heavy atom. The molecule has 0 radical (unpaired) electrons. The maximum Gasteiger partial charge on any atom is 0.240 e. The van der Waals surface area contributed by atoms with Gasteiger partial charge in [0.05, 0.1) is 19.2 Å². The van der Waals surface area contributed by atoms with Gasteiger partial charge in [0.2, 0.25) is 11.8 Å². The molecule has 0 saturated heterocycles. The van der Waals surface area contributed by atoms with Crippen LogP contribution in [-0.2, 0) is 9.59 Å². The molecule has 9 nitrogen and oxygen atoms in total. The second-order valence-electron chi connectivity index (χ2n) is 11.3. The summed E-state index contributed by atoms with van der Waals surface area (Å²) in [5, 5.41) is 5.95. The highest BCUT2D eigenvalue weighted by Gasteiger charge is 2.63. The number of nitrogens with one attached hydrogen (secondary N) is 2. The summed E-state index contributed by atoms with van der Waals surface area (Å²) >= 11 is 0. The summed E-state index contributed by atoms with van der Waals surface area (Å²) in [6.07, 6.45) is 2.75. The molecule has 2 atom stereocenters. The van der Waals surface area contributed by atoms with Crippen molar-refractivity contribution in [3.05, 3.63) is 78.5 Å². The molecule has 1 fully saturated rings. The second-order valence-corrected chi connectivity index (χ2v) is 11.3. The zero-order valence-corrected chi connectivity index (χ0v) is 26.4. The van der Waals surface area contributed by atoms with E-state index in [2.05, 4.69) is 34.4 Å². The fraction of sp³-hybridized carbons (Fsp3) is 0.343. The van der Waals surface area contributed by atoms with Crippen molar-refractivity contribution in [1.82, 2.24) is 9.88 Å². The van der Waals surface area contributed by atoms with Gasteiger partial charge >= 0.3 is 0 Å². The van der Waals surface area contributed by atoms with Gasteiger partial charge in [-0.3, -0.25) is 14.6 Å². The van der Waals surface area contributed by atoms with Crippen LogP contribution in [0.3, 0.4) is 0 Å². The lowest BCUT2D eigenvalue weighted by molar-refractivity contribution is -0.131. The Kier molecular flexibility index (Phi) is 10.0. The molecule has 1 saturated carbocycles. The largest absolute Gasteiger partial charge is 0.493 e. The molecule has 11 heteroatoms. The fourth-order valence-electron chi connectivity index (χ4n) is 5.46. The Balaban J connectivity index is 1.27. The molecule has 46 heavy (non-hydrogen) atoms. The van der Waals surface area contributed by atoms with Gasteiger partial charge in [-0.05, 0) is 80.4 Å². The number of anilines is 2. The van der Waals surface area contributed by atoms with Crippen LogP contribution in [0.5, 0.6) is 23.0 Å². The summed E-state index contributed by atoms with van der Waals surface area (Å²) in [5.41, 5.74) is -0.180. The van der Waals surface area contributed by atoms with Crippen molar-refractivity contribution in [2.24, 2.45) is 11.3 Å². The Morgan fingerprint density at radius 2 is 1.59 bits per heavy atom. The molecule has 2 amide bonds. The number of benzene rings is 3. The third kappa shape index (κ3) is 7.04. The first kappa shape index (κ1) is 32.6. The average molecular weight is 633 g/mol. The SMILES string of the molecule is CCN(CC)CCCOc1cc2nccc(Oc3ccc(NC(=O)C4(C(=O)Nc5ccc(F)cc5)C[C@H]4C)cc3F)c2cc1OC. The van der Waals surface area contributed by atoms with Crippen LogP contribution in [0.15, 0.2) is 66.9 Å². The van der Waals surface area contributed by atoms with E-state index in [0.717, 1.165) is 32.1 Å². The van der Waals surface area contributed by atoms with Crippen LogP contribution in [0.4, 0.5) is 20.2 Å². The molecule has 2 N–H and O–H groups in total. The number of hydrogen-bond acceptors (Lipinski definition) is 7. The molecule has 242 valence electrons. The number of halogens is 2. The van der Waals surface area contributed by atoms with E-state index < -0.39 is 28.9 Å². The Hall–Kier alpha value is -4.77. The zero-order valence-electron chi connectivity index (χ0n) is 26.4. The molecule has 1 aliphatic carbocycles. The van der Waals surface area contributed by atoms with Gasteiger partial charge in [0.25, 0.3) is 0 Å². The monoisotopic (exact) mass is 632 g/mol. The number of pyridine rings is 1. The van der Waals surface area contributed by atoms with E-state index in [0.29, 0.717) is 46.9 Å². The maximum absolute atomic E-state index is 15.3. The zero-order chi connectivity index (χ0) is 32.8. The van der Waals surface area contributed by atoms with Gasteiger partial charge in [-0.15, -0.1) is 0 Å². The highest BCUT2D eigenvalue weighted by molar-refractivity contribution is 6.17. The molecule has 1 unspecified atom stereocenters. The molecule has 3 aromatic carbocycles. The van der Waals surface area contributed by atoms with Gasteiger partial charge < -0.3 is 29.7 Å². The van der Waals surface area contributed by atoms with Crippen LogP contribution in [0.2, 0.25) is 0 Å². The van der Waals surface area contributed by atoms with E-state index >= 15 is 4.39 Å². The summed E-state index contributed by atoms with van der Waals surface area (Å²) in [4.78, 5) is 33.1. The third-order valence-electron chi connectivity index (χ3n) is 8.39. The van der Waals surface area contributed by atoms with Crippen molar-refractivity contribution in [2.75, 3.05) is 44.0 Å². The van der Waals surface area contributed by atoms with Gasteiger partial charge in [-0.25, -0.2) is 8.78 Å². The number of carbonyl (C=O) groups excluding carboxylic acids is 2. The van der Waals surface area contributed by atoms with Gasteiger partial charge in [-0.1, -0.05) is 20.8 Å². The Morgan fingerprint density at radius 1 is 0.913 bits per heavy atom. The summed E-state index contributed by atoms with van der Waals surface area (Å²) in [6.45, 7) is 9.47.